The predicted molar refractivity (Wildman–Crippen MR) is 83.2 cm³/mol. The van der Waals surface area contributed by atoms with E-state index >= 15 is 0 Å². The van der Waals surface area contributed by atoms with Crippen LogP contribution in [0.2, 0.25) is 0 Å². The first kappa shape index (κ1) is 15.9. The molecule has 1 aliphatic heterocycles. The second-order valence-electron chi connectivity index (χ2n) is 5.55. The van der Waals surface area contributed by atoms with Gasteiger partial charge in [-0.25, -0.2) is 4.39 Å². The van der Waals surface area contributed by atoms with Crippen molar-refractivity contribution < 1.29 is 9.50 Å². The molecule has 0 aromatic heterocycles. The van der Waals surface area contributed by atoms with Crippen molar-refractivity contribution in [3.05, 3.63) is 34.1 Å². The molecule has 2 rings (SSSR count). The third-order valence-corrected chi connectivity index (χ3v) is 5.36. The molecule has 1 aliphatic rings. The van der Waals surface area contributed by atoms with E-state index in [2.05, 4.69) is 34.7 Å². The summed E-state index contributed by atoms with van der Waals surface area (Å²) in [5.41, 5.74) is 0.0352. The average Bonchev–Trinajstić information content (AvgIpc) is 2.98. The van der Waals surface area contributed by atoms with Crippen molar-refractivity contribution in [2.45, 2.75) is 51.2 Å². The molecule has 0 bridgehead atoms. The molecule has 0 spiro atoms. The lowest BCUT2D eigenvalue weighted by Crippen LogP contribution is -2.51. The Morgan fingerprint density at radius 1 is 1.30 bits per heavy atom. The van der Waals surface area contributed by atoms with Crippen molar-refractivity contribution in [3.8, 4) is 0 Å². The number of benzene rings is 1. The Morgan fingerprint density at radius 2 is 1.90 bits per heavy atom. The molecule has 20 heavy (non-hydrogen) atoms. The maximum absolute atomic E-state index is 14.3. The van der Waals surface area contributed by atoms with Crippen molar-refractivity contribution in [3.63, 3.8) is 0 Å². The van der Waals surface area contributed by atoms with Crippen LogP contribution in [0.4, 0.5) is 4.39 Å². The lowest BCUT2D eigenvalue weighted by molar-refractivity contribution is -0.0312. The Morgan fingerprint density at radius 3 is 2.45 bits per heavy atom. The fourth-order valence-corrected chi connectivity index (χ4v) is 3.82. The first-order valence-corrected chi connectivity index (χ1v) is 8.23. The van der Waals surface area contributed by atoms with Gasteiger partial charge in [0.15, 0.2) is 0 Å². The van der Waals surface area contributed by atoms with E-state index in [1.165, 1.54) is 0 Å². The Kier molecular flexibility index (Phi) is 5.21. The van der Waals surface area contributed by atoms with E-state index in [4.69, 9.17) is 0 Å². The smallest absolute Gasteiger partial charge is 0.143 e. The van der Waals surface area contributed by atoms with E-state index in [9.17, 15) is 9.50 Å². The number of likely N-dealkylation sites (tertiary alicyclic amines) is 1. The maximum atomic E-state index is 14.3. The van der Waals surface area contributed by atoms with Crippen molar-refractivity contribution >= 4 is 15.9 Å². The SMILES string of the molecule is CCC(CC)(C(O)c1cccc(Br)c1F)N1CCCC1. The molecule has 1 aromatic rings. The van der Waals surface area contributed by atoms with Crippen LogP contribution in [0, 0.1) is 5.82 Å². The number of hydrogen-bond acceptors (Lipinski definition) is 2. The van der Waals surface area contributed by atoms with Gasteiger partial charge in [0.1, 0.15) is 11.9 Å². The van der Waals surface area contributed by atoms with Gasteiger partial charge in [0, 0.05) is 5.56 Å². The number of halogens is 2. The van der Waals surface area contributed by atoms with Crippen LogP contribution in [0.3, 0.4) is 0 Å². The summed E-state index contributed by atoms with van der Waals surface area (Å²) in [5.74, 6) is -0.342. The zero-order valence-electron chi connectivity index (χ0n) is 12.2. The molecule has 1 unspecified atom stereocenters. The first-order chi connectivity index (χ1) is 9.56. The summed E-state index contributed by atoms with van der Waals surface area (Å²) in [7, 11) is 0. The highest BCUT2D eigenvalue weighted by Gasteiger charge is 2.43. The van der Waals surface area contributed by atoms with Gasteiger partial charge >= 0.3 is 0 Å². The second-order valence-corrected chi connectivity index (χ2v) is 6.40. The minimum atomic E-state index is -0.798. The van der Waals surface area contributed by atoms with Crippen LogP contribution in [0.5, 0.6) is 0 Å². The van der Waals surface area contributed by atoms with Crippen LogP contribution < -0.4 is 0 Å². The number of hydrogen-bond donors (Lipinski definition) is 1. The van der Waals surface area contributed by atoms with Gasteiger partial charge in [-0.3, -0.25) is 4.90 Å². The van der Waals surface area contributed by atoms with Gasteiger partial charge in [-0.15, -0.1) is 0 Å². The molecule has 0 amide bonds. The predicted octanol–water partition coefficient (Wildman–Crippen LogP) is 4.28. The molecular weight excluding hydrogens is 321 g/mol. The Labute approximate surface area is 129 Å². The third kappa shape index (κ3) is 2.66. The highest BCUT2D eigenvalue weighted by Crippen LogP contribution is 2.40. The molecule has 2 nitrogen and oxygen atoms in total. The topological polar surface area (TPSA) is 23.5 Å². The Hall–Kier alpha value is -0.450. The van der Waals surface area contributed by atoms with Crippen LogP contribution in [-0.2, 0) is 0 Å². The van der Waals surface area contributed by atoms with Gasteiger partial charge in [0.2, 0.25) is 0 Å². The van der Waals surface area contributed by atoms with E-state index in [-0.39, 0.29) is 11.4 Å². The van der Waals surface area contributed by atoms with E-state index in [1.807, 2.05) is 0 Å². The molecule has 1 atom stereocenters. The van der Waals surface area contributed by atoms with Crippen molar-refractivity contribution in [1.82, 2.24) is 4.90 Å². The number of aliphatic hydroxyl groups excluding tert-OH is 1. The van der Waals surface area contributed by atoms with E-state index < -0.39 is 6.10 Å². The van der Waals surface area contributed by atoms with Crippen LogP contribution in [-0.4, -0.2) is 28.6 Å². The Balaban J connectivity index is 2.40. The Bertz CT molecular complexity index is 456. The zero-order valence-corrected chi connectivity index (χ0v) is 13.8. The summed E-state index contributed by atoms with van der Waals surface area (Å²) >= 11 is 3.21. The summed E-state index contributed by atoms with van der Waals surface area (Å²) in [6.45, 7) is 6.16. The highest BCUT2D eigenvalue weighted by molar-refractivity contribution is 9.10. The zero-order chi connectivity index (χ0) is 14.8. The average molecular weight is 344 g/mol. The highest BCUT2D eigenvalue weighted by atomic mass is 79.9. The third-order valence-electron chi connectivity index (χ3n) is 4.75. The van der Waals surface area contributed by atoms with Gasteiger partial charge in [-0.2, -0.15) is 0 Å². The quantitative estimate of drug-likeness (QED) is 0.862. The lowest BCUT2D eigenvalue weighted by atomic mass is 9.81. The summed E-state index contributed by atoms with van der Waals surface area (Å²) in [5, 5.41) is 10.9. The summed E-state index contributed by atoms with van der Waals surface area (Å²) in [6.07, 6.45) is 3.16. The van der Waals surface area contributed by atoms with Gasteiger partial charge in [-0.1, -0.05) is 26.0 Å². The summed E-state index contributed by atoms with van der Waals surface area (Å²) < 4.78 is 14.7. The van der Waals surface area contributed by atoms with Gasteiger partial charge in [-0.05, 0) is 60.8 Å². The summed E-state index contributed by atoms with van der Waals surface area (Å²) in [6, 6.07) is 5.15. The molecule has 0 saturated carbocycles. The standard InChI is InChI=1S/C16H23BrFNO/c1-3-16(4-2,19-10-5-6-11-19)15(20)12-8-7-9-13(17)14(12)18/h7-9,15,20H,3-6,10-11H2,1-2H3. The normalized spacial score (nSPS) is 18.4. The lowest BCUT2D eigenvalue weighted by Gasteiger charge is -2.44. The van der Waals surface area contributed by atoms with Gasteiger partial charge in [0.05, 0.1) is 10.0 Å². The van der Waals surface area contributed by atoms with Crippen LogP contribution >= 0.6 is 15.9 Å². The summed E-state index contributed by atoms with van der Waals surface area (Å²) in [4.78, 5) is 2.35. The van der Waals surface area contributed by atoms with Gasteiger partial charge in [0.25, 0.3) is 0 Å². The van der Waals surface area contributed by atoms with Crippen LogP contribution in [0.25, 0.3) is 0 Å². The monoisotopic (exact) mass is 343 g/mol. The van der Waals surface area contributed by atoms with Crippen LogP contribution in [0.1, 0.15) is 51.2 Å². The minimum absolute atomic E-state index is 0.342. The molecule has 112 valence electrons. The number of rotatable bonds is 5. The molecule has 1 saturated heterocycles. The molecule has 0 radical (unpaired) electrons. The first-order valence-electron chi connectivity index (χ1n) is 7.43. The molecular formula is C16H23BrFNO. The van der Waals surface area contributed by atoms with Crippen LogP contribution in [0.15, 0.2) is 22.7 Å². The molecule has 1 heterocycles. The number of nitrogens with zero attached hydrogens (tertiary/aromatic N) is 1. The van der Waals surface area contributed by atoms with Gasteiger partial charge < -0.3 is 5.11 Å². The maximum Gasteiger partial charge on any atom is 0.143 e. The van der Waals surface area contributed by atoms with E-state index in [1.54, 1.807) is 18.2 Å². The second kappa shape index (κ2) is 6.54. The largest absolute Gasteiger partial charge is 0.386 e. The van der Waals surface area contributed by atoms with E-state index in [0.717, 1.165) is 38.8 Å². The van der Waals surface area contributed by atoms with Crippen molar-refractivity contribution in [2.24, 2.45) is 0 Å². The molecule has 4 heteroatoms. The molecule has 0 aliphatic carbocycles. The fourth-order valence-electron chi connectivity index (χ4n) is 3.44. The molecule has 1 fully saturated rings. The van der Waals surface area contributed by atoms with Crippen molar-refractivity contribution in [2.75, 3.05) is 13.1 Å². The van der Waals surface area contributed by atoms with E-state index in [0.29, 0.717) is 10.0 Å². The fraction of sp³-hybridized carbons (Fsp3) is 0.625. The molecule has 1 N–H and O–H groups in total. The number of aliphatic hydroxyl groups is 1. The molecule has 1 aromatic carbocycles. The van der Waals surface area contributed by atoms with Crippen molar-refractivity contribution in [1.29, 1.82) is 0 Å². The minimum Gasteiger partial charge on any atom is -0.386 e.